The zero-order chi connectivity index (χ0) is 13.2. The minimum absolute atomic E-state index is 0.238. The Bertz CT molecular complexity index is 284. The van der Waals surface area contributed by atoms with Crippen LogP contribution in [0, 0.1) is 5.92 Å². The normalized spacial score (nSPS) is 14.6. The minimum Gasteiger partial charge on any atom is -0.396 e. The van der Waals surface area contributed by atoms with Crippen molar-refractivity contribution in [3.8, 4) is 0 Å². The molecule has 0 spiro atoms. The van der Waals surface area contributed by atoms with Gasteiger partial charge >= 0.3 is 0 Å². The number of aromatic nitrogens is 2. The van der Waals surface area contributed by atoms with Crippen molar-refractivity contribution in [1.82, 2.24) is 15.1 Å². The number of hydrogen-bond acceptors (Lipinski definition) is 4. The number of rotatable bonds is 10. The molecule has 0 bridgehead atoms. The molecule has 0 fully saturated rings. The van der Waals surface area contributed by atoms with E-state index in [1.165, 1.54) is 0 Å². The Morgan fingerprint density at radius 3 is 2.78 bits per heavy atom. The highest BCUT2D eigenvalue weighted by atomic mass is 16.3. The summed E-state index contributed by atoms with van der Waals surface area (Å²) in [6.07, 6.45) is 6.19. The zero-order valence-corrected chi connectivity index (χ0v) is 11.1. The van der Waals surface area contributed by atoms with Crippen LogP contribution in [0.5, 0.6) is 0 Å². The third-order valence-electron chi connectivity index (χ3n) is 3.00. The lowest BCUT2D eigenvalue weighted by Gasteiger charge is -2.17. The van der Waals surface area contributed by atoms with Crippen molar-refractivity contribution in [3.05, 3.63) is 18.5 Å². The van der Waals surface area contributed by atoms with Crippen LogP contribution in [0.3, 0.4) is 0 Å². The van der Waals surface area contributed by atoms with Crippen molar-refractivity contribution in [2.24, 2.45) is 5.92 Å². The van der Waals surface area contributed by atoms with Crippen molar-refractivity contribution in [2.45, 2.75) is 38.8 Å². The van der Waals surface area contributed by atoms with Gasteiger partial charge in [-0.1, -0.05) is 13.3 Å². The van der Waals surface area contributed by atoms with Crippen LogP contribution in [0.1, 0.15) is 26.2 Å². The largest absolute Gasteiger partial charge is 0.396 e. The van der Waals surface area contributed by atoms with Crippen molar-refractivity contribution < 1.29 is 10.2 Å². The Labute approximate surface area is 109 Å². The third kappa shape index (κ3) is 6.14. The molecule has 0 saturated carbocycles. The number of nitrogens with zero attached hydrogens (tertiary/aromatic N) is 2. The summed E-state index contributed by atoms with van der Waals surface area (Å²) in [5.74, 6) is 0.497. The summed E-state index contributed by atoms with van der Waals surface area (Å²) >= 11 is 0. The highest BCUT2D eigenvalue weighted by molar-refractivity contribution is 4.78. The monoisotopic (exact) mass is 255 g/mol. The van der Waals surface area contributed by atoms with Gasteiger partial charge in [-0.05, 0) is 31.4 Å². The summed E-state index contributed by atoms with van der Waals surface area (Å²) in [6, 6.07) is 1.85. The van der Waals surface area contributed by atoms with Crippen LogP contribution in [0.2, 0.25) is 0 Å². The minimum atomic E-state index is -0.429. The lowest BCUT2D eigenvalue weighted by Crippen LogP contribution is -2.33. The van der Waals surface area contributed by atoms with Crippen LogP contribution in [0.4, 0.5) is 0 Å². The lowest BCUT2D eigenvalue weighted by atomic mass is 10.0. The summed E-state index contributed by atoms with van der Waals surface area (Å²) in [6.45, 7) is 4.31. The fourth-order valence-electron chi connectivity index (χ4n) is 2.08. The van der Waals surface area contributed by atoms with Crippen LogP contribution in [-0.4, -0.2) is 45.8 Å². The summed E-state index contributed by atoms with van der Waals surface area (Å²) in [5.41, 5.74) is 0. The van der Waals surface area contributed by atoms with Gasteiger partial charge in [-0.3, -0.25) is 4.68 Å². The summed E-state index contributed by atoms with van der Waals surface area (Å²) in [5, 5.41) is 26.1. The molecule has 0 aromatic carbocycles. The standard InChI is InChI=1S/C13H25N3O2/c1-2-4-12(5-8-17)9-14-10-13(18)11-16-7-3-6-15-16/h3,6-7,12-14,17-18H,2,4-5,8-11H2,1H3. The molecule has 5 nitrogen and oxygen atoms in total. The Kier molecular flexibility index (Phi) is 7.64. The molecule has 0 radical (unpaired) electrons. The van der Waals surface area contributed by atoms with Crippen LogP contribution in [0.15, 0.2) is 18.5 Å². The highest BCUT2D eigenvalue weighted by Crippen LogP contribution is 2.09. The second-order valence-corrected chi connectivity index (χ2v) is 4.71. The van der Waals surface area contributed by atoms with E-state index in [0.717, 1.165) is 25.8 Å². The predicted molar refractivity (Wildman–Crippen MR) is 71.2 cm³/mol. The molecular weight excluding hydrogens is 230 g/mol. The topological polar surface area (TPSA) is 70.3 Å². The average molecular weight is 255 g/mol. The van der Waals surface area contributed by atoms with Gasteiger partial charge in [0.25, 0.3) is 0 Å². The maximum absolute atomic E-state index is 9.82. The highest BCUT2D eigenvalue weighted by Gasteiger charge is 2.09. The maximum Gasteiger partial charge on any atom is 0.0860 e. The zero-order valence-electron chi connectivity index (χ0n) is 11.1. The van der Waals surface area contributed by atoms with Gasteiger partial charge in [0.1, 0.15) is 0 Å². The van der Waals surface area contributed by atoms with E-state index >= 15 is 0 Å². The lowest BCUT2D eigenvalue weighted by molar-refractivity contribution is 0.144. The SMILES string of the molecule is CCCC(CCO)CNCC(O)Cn1cccn1. The molecule has 2 unspecified atom stereocenters. The first-order valence-electron chi connectivity index (χ1n) is 6.73. The fourth-order valence-corrected chi connectivity index (χ4v) is 2.08. The van der Waals surface area contributed by atoms with Gasteiger partial charge in [0.15, 0.2) is 0 Å². The summed E-state index contributed by atoms with van der Waals surface area (Å²) in [4.78, 5) is 0. The first kappa shape index (κ1) is 15.1. The smallest absolute Gasteiger partial charge is 0.0860 e. The average Bonchev–Trinajstić information content (AvgIpc) is 2.82. The van der Waals surface area contributed by atoms with Gasteiger partial charge in [0, 0.05) is 25.5 Å². The first-order chi connectivity index (χ1) is 8.76. The van der Waals surface area contributed by atoms with Gasteiger partial charge in [-0.2, -0.15) is 5.10 Å². The van der Waals surface area contributed by atoms with Gasteiger partial charge in [-0.15, -0.1) is 0 Å². The van der Waals surface area contributed by atoms with Crippen molar-refractivity contribution in [2.75, 3.05) is 19.7 Å². The van der Waals surface area contributed by atoms with Gasteiger partial charge in [0.2, 0.25) is 0 Å². The number of aliphatic hydroxyl groups excluding tert-OH is 2. The second kappa shape index (κ2) is 9.08. The quantitative estimate of drug-likeness (QED) is 0.573. The first-order valence-corrected chi connectivity index (χ1v) is 6.73. The molecule has 18 heavy (non-hydrogen) atoms. The van der Waals surface area contributed by atoms with E-state index in [9.17, 15) is 5.11 Å². The van der Waals surface area contributed by atoms with E-state index in [0.29, 0.717) is 19.0 Å². The molecule has 0 aliphatic carbocycles. The van der Waals surface area contributed by atoms with Gasteiger partial charge in [-0.25, -0.2) is 0 Å². The molecule has 0 saturated heterocycles. The van der Waals surface area contributed by atoms with Crippen molar-refractivity contribution >= 4 is 0 Å². The molecule has 1 heterocycles. The molecule has 2 atom stereocenters. The summed E-state index contributed by atoms with van der Waals surface area (Å²) in [7, 11) is 0. The Hall–Kier alpha value is -0.910. The molecule has 5 heteroatoms. The molecular formula is C13H25N3O2. The Morgan fingerprint density at radius 2 is 2.17 bits per heavy atom. The van der Waals surface area contributed by atoms with Crippen molar-refractivity contribution in [1.29, 1.82) is 0 Å². The van der Waals surface area contributed by atoms with Crippen LogP contribution in [-0.2, 0) is 6.54 Å². The molecule has 1 aromatic rings. The molecule has 1 rings (SSSR count). The Balaban J connectivity index is 2.15. The van der Waals surface area contributed by atoms with E-state index in [4.69, 9.17) is 5.11 Å². The Morgan fingerprint density at radius 1 is 1.33 bits per heavy atom. The maximum atomic E-state index is 9.82. The molecule has 0 amide bonds. The van der Waals surface area contributed by atoms with E-state index in [1.807, 2.05) is 12.3 Å². The van der Waals surface area contributed by atoms with E-state index in [2.05, 4.69) is 17.3 Å². The number of hydrogen-bond donors (Lipinski definition) is 3. The van der Waals surface area contributed by atoms with Gasteiger partial charge in [0.05, 0.1) is 12.6 Å². The van der Waals surface area contributed by atoms with E-state index in [-0.39, 0.29) is 6.61 Å². The molecule has 1 aromatic heterocycles. The summed E-state index contributed by atoms with van der Waals surface area (Å²) < 4.78 is 1.73. The fraction of sp³-hybridized carbons (Fsp3) is 0.769. The van der Waals surface area contributed by atoms with Crippen LogP contribution in [0.25, 0.3) is 0 Å². The predicted octanol–water partition coefficient (Wildman–Crippen LogP) is 0.632. The molecule has 104 valence electrons. The van der Waals surface area contributed by atoms with Gasteiger partial charge < -0.3 is 15.5 Å². The molecule has 0 aliphatic rings. The molecule has 0 aliphatic heterocycles. The van der Waals surface area contributed by atoms with E-state index in [1.54, 1.807) is 10.9 Å². The van der Waals surface area contributed by atoms with Crippen LogP contribution < -0.4 is 5.32 Å². The van der Waals surface area contributed by atoms with Crippen molar-refractivity contribution in [3.63, 3.8) is 0 Å². The molecule has 3 N–H and O–H groups in total. The second-order valence-electron chi connectivity index (χ2n) is 4.71. The number of nitrogens with one attached hydrogen (secondary N) is 1. The third-order valence-corrected chi connectivity index (χ3v) is 3.00. The van der Waals surface area contributed by atoms with Crippen LogP contribution >= 0.6 is 0 Å². The van der Waals surface area contributed by atoms with E-state index < -0.39 is 6.10 Å². The number of aliphatic hydroxyl groups is 2.